The van der Waals surface area contributed by atoms with Crippen molar-refractivity contribution in [1.29, 1.82) is 0 Å². The highest BCUT2D eigenvalue weighted by molar-refractivity contribution is 7.80. The van der Waals surface area contributed by atoms with Crippen molar-refractivity contribution >= 4 is 29.5 Å². The summed E-state index contributed by atoms with van der Waals surface area (Å²) in [6.45, 7) is 5.97. The standard InChI is InChI=1S/C17H21N5O2S/c1-17(2,3)20-16(25)21-18-11-14-13(15(23)24-4)10-19-22(14)12-8-6-5-7-9-12/h5-11H,1-4H3,(H2,20,21,25)/b18-11-. The number of hydrogen-bond acceptors (Lipinski definition) is 5. The molecule has 0 saturated heterocycles. The summed E-state index contributed by atoms with van der Waals surface area (Å²) < 4.78 is 6.42. The largest absolute Gasteiger partial charge is 0.465 e. The highest BCUT2D eigenvalue weighted by atomic mass is 32.1. The van der Waals surface area contributed by atoms with E-state index in [1.807, 2.05) is 51.1 Å². The summed E-state index contributed by atoms with van der Waals surface area (Å²) in [7, 11) is 1.32. The van der Waals surface area contributed by atoms with E-state index in [1.54, 1.807) is 4.68 Å². The zero-order chi connectivity index (χ0) is 18.4. The van der Waals surface area contributed by atoms with Gasteiger partial charge in [0.25, 0.3) is 0 Å². The van der Waals surface area contributed by atoms with Gasteiger partial charge in [-0.3, -0.25) is 5.43 Å². The number of benzene rings is 1. The van der Waals surface area contributed by atoms with Gasteiger partial charge in [-0.1, -0.05) is 18.2 Å². The van der Waals surface area contributed by atoms with E-state index in [9.17, 15) is 4.79 Å². The molecular weight excluding hydrogens is 338 g/mol. The number of esters is 1. The Bertz CT molecular complexity index is 778. The monoisotopic (exact) mass is 359 g/mol. The van der Waals surface area contributed by atoms with Crippen LogP contribution >= 0.6 is 12.2 Å². The fourth-order valence-corrected chi connectivity index (χ4v) is 2.40. The number of nitrogens with zero attached hydrogens (tertiary/aromatic N) is 3. The molecule has 8 heteroatoms. The summed E-state index contributed by atoms with van der Waals surface area (Å²) in [5.41, 5.74) is 4.16. The molecular formula is C17H21N5O2S. The summed E-state index contributed by atoms with van der Waals surface area (Å²) in [6.07, 6.45) is 2.94. The third kappa shape index (κ3) is 5.12. The quantitative estimate of drug-likeness (QED) is 0.377. The number of aromatic nitrogens is 2. The lowest BCUT2D eigenvalue weighted by Gasteiger charge is -2.21. The molecule has 0 fully saturated rings. The van der Waals surface area contributed by atoms with E-state index in [2.05, 4.69) is 20.9 Å². The molecule has 25 heavy (non-hydrogen) atoms. The van der Waals surface area contributed by atoms with E-state index in [4.69, 9.17) is 17.0 Å². The minimum atomic E-state index is -0.487. The number of hydrogen-bond donors (Lipinski definition) is 2. The number of rotatable bonds is 4. The fourth-order valence-electron chi connectivity index (χ4n) is 2.04. The summed E-state index contributed by atoms with van der Waals surface area (Å²) >= 11 is 5.18. The third-order valence-corrected chi connectivity index (χ3v) is 3.25. The van der Waals surface area contributed by atoms with Crippen molar-refractivity contribution in [3.05, 3.63) is 47.8 Å². The highest BCUT2D eigenvalue weighted by Gasteiger charge is 2.18. The maximum atomic E-state index is 12.0. The first-order valence-corrected chi connectivity index (χ1v) is 8.05. The molecule has 2 N–H and O–H groups in total. The second-order valence-electron chi connectivity index (χ2n) is 6.26. The second kappa shape index (κ2) is 7.89. The lowest BCUT2D eigenvalue weighted by atomic mass is 10.1. The molecule has 0 atom stereocenters. The van der Waals surface area contributed by atoms with Gasteiger partial charge in [0.05, 0.1) is 25.2 Å². The van der Waals surface area contributed by atoms with Gasteiger partial charge in [-0.05, 0) is 45.1 Å². The van der Waals surface area contributed by atoms with Crippen LogP contribution in [0.2, 0.25) is 0 Å². The molecule has 0 saturated carbocycles. The van der Waals surface area contributed by atoms with Gasteiger partial charge >= 0.3 is 5.97 Å². The van der Waals surface area contributed by atoms with Crippen LogP contribution in [0.3, 0.4) is 0 Å². The average molecular weight is 359 g/mol. The SMILES string of the molecule is COC(=O)c1cnn(-c2ccccc2)c1/C=N\NC(=S)NC(C)(C)C. The van der Waals surface area contributed by atoms with E-state index in [1.165, 1.54) is 19.5 Å². The van der Waals surface area contributed by atoms with Gasteiger partial charge in [-0.25, -0.2) is 9.48 Å². The van der Waals surface area contributed by atoms with Crippen molar-refractivity contribution in [3.63, 3.8) is 0 Å². The van der Waals surface area contributed by atoms with E-state index in [-0.39, 0.29) is 5.54 Å². The fraction of sp³-hybridized carbons (Fsp3) is 0.294. The van der Waals surface area contributed by atoms with Crippen molar-refractivity contribution in [2.24, 2.45) is 5.10 Å². The molecule has 1 aromatic heterocycles. The zero-order valence-electron chi connectivity index (χ0n) is 14.6. The number of methoxy groups -OCH3 is 1. The van der Waals surface area contributed by atoms with Crippen LogP contribution in [0, 0.1) is 0 Å². The van der Waals surface area contributed by atoms with Crippen molar-refractivity contribution in [3.8, 4) is 5.69 Å². The summed E-state index contributed by atoms with van der Waals surface area (Å²) in [5.74, 6) is -0.487. The van der Waals surface area contributed by atoms with Crippen molar-refractivity contribution in [2.75, 3.05) is 7.11 Å². The molecule has 0 radical (unpaired) electrons. The van der Waals surface area contributed by atoms with Gasteiger partial charge in [0.2, 0.25) is 0 Å². The van der Waals surface area contributed by atoms with Gasteiger partial charge in [0, 0.05) is 5.54 Å². The average Bonchev–Trinajstić information content (AvgIpc) is 2.97. The van der Waals surface area contributed by atoms with Crippen molar-refractivity contribution in [2.45, 2.75) is 26.3 Å². The number of carbonyl (C=O) groups is 1. The van der Waals surface area contributed by atoms with Crippen LogP contribution in [0.15, 0.2) is 41.6 Å². The third-order valence-electron chi connectivity index (χ3n) is 3.05. The molecule has 0 aliphatic rings. The minimum Gasteiger partial charge on any atom is -0.465 e. The Kier molecular flexibility index (Phi) is 5.87. The molecule has 132 valence electrons. The Labute approximate surface area is 152 Å². The topological polar surface area (TPSA) is 80.5 Å². The Hall–Kier alpha value is -2.74. The maximum Gasteiger partial charge on any atom is 0.341 e. The van der Waals surface area contributed by atoms with Crippen LogP contribution in [0.5, 0.6) is 0 Å². The Morgan fingerprint density at radius 2 is 2.00 bits per heavy atom. The van der Waals surface area contributed by atoms with E-state index in [0.29, 0.717) is 16.4 Å². The zero-order valence-corrected chi connectivity index (χ0v) is 15.4. The summed E-state index contributed by atoms with van der Waals surface area (Å²) in [6, 6.07) is 9.43. The first kappa shape index (κ1) is 18.6. The normalized spacial score (nSPS) is 11.4. The first-order chi connectivity index (χ1) is 11.8. The molecule has 0 aliphatic heterocycles. The smallest absolute Gasteiger partial charge is 0.341 e. The minimum absolute atomic E-state index is 0.178. The summed E-state index contributed by atoms with van der Waals surface area (Å²) in [4.78, 5) is 12.0. The highest BCUT2D eigenvalue weighted by Crippen LogP contribution is 2.14. The predicted molar refractivity (Wildman–Crippen MR) is 101 cm³/mol. The molecule has 1 heterocycles. The number of para-hydroxylation sites is 1. The summed E-state index contributed by atoms with van der Waals surface area (Å²) in [5, 5.41) is 11.8. The van der Waals surface area contributed by atoms with Crippen LogP contribution in [0.4, 0.5) is 0 Å². The first-order valence-electron chi connectivity index (χ1n) is 7.65. The molecule has 0 aliphatic carbocycles. The predicted octanol–water partition coefficient (Wildman–Crippen LogP) is 2.26. The molecule has 0 spiro atoms. The maximum absolute atomic E-state index is 12.0. The van der Waals surface area contributed by atoms with Gasteiger partial charge in [-0.2, -0.15) is 10.2 Å². The molecule has 7 nitrogen and oxygen atoms in total. The Morgan fingerprint density at radius 1 is 1.32 bits per heavy atom. The van der Waals surface area contributed by atoms with Gasteiger partial charge < -0.3 is 10.1 Å². The number of ether oxygens (including phenoxy) is 1. The number of carbonyl (C=O) groups excluding carboxylic acids is 1. The lowest BCUT2D eigenvalue weighted by molar-refractivity contribution is 0.0600. The Morgan fingerprint density at radius 3 is 2.60 bits per heavy atom. The van der Waals surface area contributed by atoms with Gasteiger partial charge in [0.15, 0.2) is 5.11 Å². The molecule has 2 rings (SSSR count). The van der Waals surface area contributed by atoms with E-state index >= 15 is 0 Å². The van der Waals surface area contributed by atoms with Crippen molar-refractivity contribution < 1.29 is 9.53 Å². The van der Waals surface area contributed by atoms with Crippen LogP contribution in [0.25, 0.3) is 5.69 Å². The number of hydrazone groups is 1. The van der Waals surface area contributed by atoms with Gasteiger partial charge in [0.1, 0.15) is 11.3 Å². The van der Waals surface area contributed by atoms with Crippen LogP contribution in [0.1, 0.15) is 36.8 Å². The molecule has 2 aromatic rings. The lowest BCUT2D eigenvalue weighted by Crippen LogP contribution is -2.44. The molecule has 0 bridgehead atoms. The van der Waals surface area contributed by atoms with Crippen molar-refractivity contribution in [1.82, 2.24) is 20.5 Å². The molecule has 0 unspecified atom stereocenters. The Balaban J connectivity index is 2.28. The number of thiocarbonyl (C=S) groups is 1. The van der Waals surface area contributed by atoms with E-state index in [0.717, 1.165) is 5.69 Å². The molecule has 0 amide bonds. The number of nitrogens with one attached hydrogen (secondary N) is 2. The van der Waals surface area contributed by atoms with E-state index < -0.39 is 5.97 Å². The van der Waals surface area contributed by atoms with Gasteiger partial charge in [-0.15, -0.1) is 0 Å². The van der Waals surface area contributed by atoms with Crippen LogP contribution < -0.4 is 10.7 Å². The second-order valence-corrected chi connectivity index (χ2v) is 6.66. The molecule has 1 aromatic carbocycles. The van der Waals surface area contributed by atoms with Crippen LogP contribution in [-0.4, -0.2) is 39.7 Å². The van der Waals surface area contributed by atoms with Crippen LogP contribution in [-0.2, 0) is 4.74 Å².